The molecule has 0 spiro atoms. The molecule has 3 nitrogen and oxygen atoms in total. The third kappa shape index (κ3) is 3.35. The smallest absolute Gasteiger partial charge is 0.162 e. The van der Waals surface area contributed by atoms with E-state index in [9.17, 15) is 4.79 Å². The van der Waals surface area contributed by atoms with Crippen LogP contribution in [0, 0.1) is 20.8 Å². The van der Waals surface area contributed by atoms with Gasteiger partial charge in [-0.05, 0) is 121 Å². The predicted octanol–water partition coefficient (Wildman–Crippen LogP) is 7.39. The Bertz CT molecular complexity index is 1040. The number of ether oxygens (including phenoxy) is 1. The summed E-state index contributed by atoms with van der Waals surface area (Å²) in [6.07, 6.45) is 9.74. The fourth-order valence-electron chi connectivity index (χ4n) is 7.78. The molecule has 0 aliphatic heterocycles. The summed E-state index contributed by atoms with van der Waals surface area (Å²) in [5.41, 5.74) is 6.63. The average molecular weight is 655 g/mol. The quantitative estimate of drug-likeness (QED) is 0.319. The topological polar surface area (TPSA) is 38.7 Å². The summed E-state index contributed by atoms with van der Waals surface area (Å²) >= 11 is 4.53. The molecule has 170 valence electrons. The maximum absolute atomic E-state index is 13.0. The first kappa shape index (κ1) is 23.2. The van der Waals surface area contributed by atoms with E-state index in [1.54, 1.807) is 25.2 Å². The van der Waals surface area contributed by atoms with Crippen LogP contribution in [0.25, 0.3) is 0 Å². The second kappa shape index (κ2) is 8.59. The number of hydrogen-bond acceptors (Lipinski definition) is 3. The number of allylic oxidation sites excluding steroid dienone is 4. The van der Waals surface area contributed by atoms with E-state index in [1.807, 2.05) is 0 Å². The lowest BCUT2D eigenvalue weighted by Gasteiger charge is -2.55. The van der Waals surface area contributed by atoms with Crippen LogP contribution in [0.4, 0.5) is 0 Å². The highest BCUT2D eigenvalue weighted by molar-refractivity contribution is 14.1. The number of hydrogen-bond donors (Lipinski definition) is 0. The molecular formula is C27H31I2NO2. The molecule has 32 heavy (non-hydrogen) atoms. The summed E-state index contributed by atoms with van der Waals surface area (Å²) < 4.78 is 11.9. The number of halogens is 2. The maximum Gasteiger partial charge on any atom is 0.162 e. The first-order chi connectivity index (χ1) is 15.3. The number of fused-ring (bicyclic) bond motifs is 4. The molecule has 5 atom stereocenters. The van der Waals surface area contributed by atoms with Gasteiger partial charge in [0, 0.05) is 27.7 Å². The van der Waals surface area contributed by atoms with Gasteiger partial charge in [0.2, 0.25) is 0 Å². The Morgan fingerprint density at radius 2 is 1.91 bits per heavy atom. The zero-order chi connectivity index (χ0) is 22.7. The zero-order valence-electron chi connectivity index (χ0n) is 19.1. The van der Waals surface area contributed by atoms with Crippen LogP contribution in [0.2, 0.25) is 0 Å². The Labute approximate surface area is 219 Å². The van der Waals surface area contributed by atoms with Crippen molar-refractivity contribution in [3.05, 3.63) is 56.2 Å². The van der Waals surface area contributed by atoms with Gasteiger partial charge in [0.05, 0.1) is 22.9 Å². The van der Waals surface area contributed by atoms with Crippen molar-refractivity contribution in [1.29, 1.82) is 0 Å². The fourth-order valence-corrected chi connectivity index (χ4v) is 8.52. The van der Waals surface area contributed by atoms with Gasteiger partial charge in [0.15, 0.2) is 5.78 Å². The van der Waals surface area contributed by atoms with Crippen molar-refractivity contribution in [2.24, 2.45) is 20.5 Å². The molecule has 5 rings (SSSR count). The lowest BCUT2D eigenvalue weighted by atomic mass is 9.50. The molecule has 0 radical (unpaired) electrons. The first-order valence-electron chi connectivity index (χ1n) is 11.8. The van der Waals surface area contributed by atoms with Gasteiger partial charge in [-0.25, -0.2) is 3.21 Å². The zero-order valence-corrected chi connectivity index (χ0v) is 23.4. The molecule has 0 aromatic heterocycles. The standard InChI is InChI=1S/C27H31I2NO2/c1-16(31)27(32-3)13-12-24-22-10-6-18-14-20(30-29)9-11-21(18)25(22)23(15-26(24,27)2)17-4-7-19(28)8-5-17/h4-5,7-8,14,22-24H,6,9-13,15H2,1-3H3/t22?,23-,24?,26+,27+/m1/s1. The highest BCUT2D eigenvalue weighted by atomic mass is 127. The van der Waals surface area contributed by atoms with Crippen LogP contribution in [0.15, 0.2) is 50.3 Å². The van der Waals surface area contributed by atoms with Gasteiger partial charge in [0.25, 0.3) is 0 Å². The number of benzene rings is 1. The molecule has 0 bridgehead atoms. The fraction of sp³-hybridized carbons (Fsp3) is 0.556. The normalized spacial score (nSPS) is 37.6. The number of ketones is 1. The van der Waals surface area contributed by atoms with Gasteiger partial charge in [-0.15, -0.1) is 0 Å². The minimum Gasteiger partial charge on any atom is -0.370 e. The van der Waals surface area contributed by atoms with Gasteiger partial charge in [0.1, 0.15) is 5.60 Å². The van der Waals surface area contributed by atoms with Crippen LogP contribution in [-0.2, 0) is 9.53 Å². The van der Waals surface area contributed by atoms with E-state index < -0.39 is 5.60 Å². The maximum atomic E-state index is 13.0. The molecule has 5 heteroatoms. The SMILES string of the molecule is CO[C@]1(C(C)=O)CCC2C3CCC4=CC(=NI)CCC4=C3[C@@H](c3ccc(I)cc3)C[C@@]21C. The van der Waals surface area contributed by atoms with Crippen molar-refractivity contribution >= 4 is 57.0 Å². The number of methoxy groups -OCH3 is 1. The van der Waals surface area contributed by atoms with E-state index in [2.05, 4.69) is 85.9 Å². The van der Waals surface area contributed by atoms with E-state index in [4.69, 9.17) is 4.74 Å². The molecule has 4 aliphatic carbocycles. The molecule has 0 N–H and O–H groups in total. The Morgan fingerprint density at radius 3 is 2.56 bits per heavy atom. The summed E-state index contributed by atoms with van der Waals surface area (Å²) in [5.74, 6) is 1.61. The van der Waals surface area contributed by atoms with Crippen molar-refractivity contribution in [2.75, 3.05) is 7.11 Å². The van der Waals surface area contributed by atoms with E-state index in [-0.39, 0.29) is 11.2 Å². The van der Waals surface area contributed by atoms with Crippen molar-refractivity contribution < 1.29 is 9.53 Å². The van der Waals surface area contributed by atoms with Crippen molar-refractivity contribution in [3.8, 4) is 0 Å². The first-order valence-corrected chi connectivity index (χ1v) is 13.8. The Balaban J connectivity index is 1.70. The minimum absolute atomic E-state index is 0.138. The van der Waals surface area contributed by atoms with Crippen LogP contribution in [-0.4, -0.2) is 24.2 Å². The summed E-state index contributed by atoms with van der Waals surface area (Å²) in [5, 5.41) is 0. The third-order valence-corrected chi connectivity index (χ3v) is 10.5. The monoisotopic (exact) mass is 655 g/mol. The molecule has 0 amide bonds. The van der Waals surface area contributed by atoms with E-state index in [1.165, 1.54) is 26.8 Å². The average Bonchev–Trinajstić information content (AvgIpc) is 3.11. The number of rotatable bonds is 3. The summed E-state index contributed by atoms with van der Waals surface area (Å²) in [4.78, 5) is 13.0. The highest BCUT2D eigenvalue weighted by Gasteiger charge is 2.65. The molecule has 2 unspecified atom stereocenters. The molecule has 1 aromatic rings. The van der Waals surface area contributed by atoms with Gasteiger partial charge in [-0.1, -0.05) is 24.6 Å². The minimum atomic E-state index is -0.654. The van der Waals surface area contributed by atoms with E-state index in [0.717, 1.165) is 38.5 Å². The van der Waals surface area contributed by atoms with Crippen molar-refractivity contribution in [1.82, 2.24) is 0 Å². The molecule has 4 aliphatic rings. The molecule has 0 saturated heterocycles. The lowest BCUT2D eigenvalue weighted by molar-refractivity contribution is -0.160. The van der Waals surface area contributed by atoms with E-state index >= 15 is 0 Å². The second-order valence-electron chi connectivity index (χ2n) is 10.3. The molecule has 2 fully saturated rings. The Morgan fingerprint density at radius 1 is 1.16 bits per heavy atom. The molecule has 0 heterocycles. The number of nitrogens with zero attached hydrogens (tertiary/aromatic N) is 1. The lowest BCUT2D eigenvalue weighted by Crippen LogP contribution is -2.56. The van der Waals surface area contributed by atoms with Crippen LogP contribution in [0.3, 0.4) is 0 Å². The van der Waals surface area contributed by atoms with Crippen molar-refractivity contribution in [2.45, 2.75) is 70.3 Å². The van der Waals surface area contributed by atoms with E-state index in [0.29, 0.717) is 17.8 Å². The van der Waals surface area contributed by atoms with Gasteiger partial charge >= 0.3 is 0 Å². The van der Waals surface area contributed by atoms with Crippen LogP contribution in [0.5, 0.6) is 0 Å². The predicted molar refractivity (Wildman–Crippen MR) is 146 cm³/mol. The Hall–Kier alpha value is -0.540. The van der Waals surface area contributed by atoms with Crippen LogP contribution < -0.4 is 0 Å². The number of Topliss-reactive ketones (excluding diaryl/α,β-unsaturated/α-hetero) is 1. The molecule has 1 aromatic carbocycles. The van der Waals surface area contributed by atoms with Crippen molar-refractivity contribution in [3.63, 3.8) is 0 Å². The second-order valence-corrected chi connectivity index (χ2v) is 12.0. The van der Waals surface area contributed by atoms with Gasteiger partial charge in [-0.2, -0.15) is 0 Å². The molecule has 2 saturated carbocycles. The largest absolute Gasteiger partial charge is 0.370 e. The summed E-state index contributed by atoms with van der Waals surface area (Å²) in [6, 6.07) is 9.09. The van der Waals surface area contributed by atoms with Gasteiger partial charge < -0.3 is 4.74 Å². The molecular weight excluding hydrogens is 624 g/mol. The Kier molecular flexibility index (Phi) is 6.23. The van der Waals surface area contributed by atoms with Crippen LogP contribution >= 0.6 is 45.5 Å². The summed E-state index contributed by atoms with van der Waals surface area (Å²) in [7, 11) is 1.76. The number of carbonyl (C=O) groups is 1. The van der Waals surface area contributed by atoms with Gasteiger partial charge in [-0.3, -0.25) is 4.79 Å². The van der Waals surface area contributed by atoms with Crippen LogP contribution in [0.1, 0.15) is 70.3 Å². The number of carbonyl (C=O) groups excluding carboxylic acids is 1. The highest BCUT2D eigenvalue weighted by Crippen LogP contribution is 2.67. The third-order valence-electron chi connectivity index (χ3n) is 9.17. The summed E-state index contributed by atoms with van der Waals surface area (Å²) in [6.45, 7) is 4.11.